The van der Waals surface area contributed by atoms with Crippen molar-refractivity contribution in [3.63, 3.8) is 0 Å². The summed E-state index contributed by atoms with van der Waals surface area (Å²) in [4.78, 5) is 2.39. The van der Waals surface area contributed by atoms with Crippen molar-refractivity contribution in [1.82, 2.24) is 15.1 Å². The Hall–Kier alpha value is -2.19. The predicted molar refractivity (Wildman–Crippen MR) is 89.0 cm³/mol. The summed E-state index contributed by atoms with van der Waals surface area (Å²) in [6.45, 7) is 1.76. The fourth-order valence-electron chi connectivity index (χ4n) is 3.65. The maximum atomic E-state index is 9.32. The van der Waals surface area contributed by atoms with Gasteiger partial charge >= 0.3 is 0 Å². The van der Waals surface area contributed by atoms with E-state index in [0.717, 1.165) is 42.4 Å². The zero-order valence-corrected chi connectivity index (χ0v) is 13.8. The van der Waals surface area contributed by atoms with Gasteiger partial charge in [-0.15, -0.1) is 10.2 Å². The van der Waals surface area contributed by atoms with Crippen molar-refractivity contribution in [2.45, 2.75) is 57.0 Å². The van der Waals surface area contributed by atoms with E-state index in [1.807, 2.05) is 24.3 Å². The number of aromatic nitrogens is 2. The Kier molecular flexibility index (Phi) is 4.31. The van der Waals surface area contributed by atoms with E-state index >= 15 is 0 Å². The molecule has 1 atom stereocenters. The molecular formula is C19H22N4O. The molecule has 4 rings (SSSR count). The fourth-order valence-corrected chi connectivity index (χ4v) is 3.65. The zero-order valence-electron chi connectivity index (χ0n) is 13.8. The summed E-state index contributed by atoms with van der Waals surface area (Å²) >= 11 is 0. The Balaban J connectivity index is 1.54. The van der Waals surface area contributed by atoms with Crippen LogP contribution in [0.2, 0.25) is 0 Å². The Bertz CT molecular complexity index is 744. The molecule has 0 spiro atoms. The molecule has 1 aliphatic heterocycles. The number of rotatable bonds is 4. The van der Waals surface area contributed by atoms with Gasteiger partial charge < -0.3 is 4.42 Å². The third-order valence-corrected chi connectivity index (χ3v) is 5.32. The maximum Gasteiger partial charge on any atom is 0.233 e. The molecule has 1 saturated heterocycles. The molecule has 0 unspecified atom stereocenters. The molecule has 2 aromatic rings. The van der Waals surface area contributed by atoms with E-state index in [9.17, 15) is 5.26 Å². The number of nitrogens with zero attached hydrogens (tertiary/aromatic N) is 4. The van der Waals surface area contributed by atoms with Crippen molar-refractivity contribution in [1.29, 1.82) is 5.26 Å². The first kappa shape index (κ1) is 15.3. The molecule has 0 N–H and O–H groups in total. The summed E-state index contributed by atoms with van der Waals surface area (Å²) in [7, 11) is 0. The van der Waals surface area contributed by atoms with Crippen LogP contribution in [-0.4, -0.2) is 21.6 Å². The SMILES string of the molecule is N#Cc1ccccc1CN1CCCC[C@@H]1c1nnc(C2CCC2)o1. The highest BCUT2D eigenvalue weighted by Gasteiger charge is 2.31. The van der Waals surface area contributed by atoms with Gasteiger partial charge in [-0.2, -0.15) is 5.26 Å². The third kappa shape index (κ3) is 2.94. The topological polar surface area (TPSA) is 66.0 Å². The van der Waals surface area contributed by atoms with Gasteiger partial charge in [0.1, 0.15) is 0 Å². The summed E-state index contributed by atoms with van der Waals surface area (Å²) in [5, 5.41) is 18.0. The van der Waals surface area contributed by atoms with Gasteiger partial charge in [-0.3, -0.25) is 4.90 Å². The minimum absolute atomic E-state index is 0.173. The molecule has 124 valence electrons. The van der Waals surface area contributed by atoms with Crippen LogP contribution in [0.15, 0.2) is 28.7 Å². The van der Waals surface area contributed by atoms with Gasteiger partial charge in [0.15, 0.2) is 0 Å². The van der Waals surface area contributed by atoms with Gasteiger partial charge in [0, 0.05) is 12.5 Å². The van der Waals surface area contributed by atoms with E-state index in [2.05, 4.69) is 21.2 Å². The van der Waals surface area contributed by atoms with E-state index < -0.39 is 0 Å². The van der Waals surface area contributed by atoms with Gasteiger partial charge in [0.25, 0.3) is 0 Å². The lowest BCUT2D eigenvalue weighted by Crippen LogP contribution is -2.33. The van der Waals surface area contributed by atoms with Crippen LogP contribution >= 0.6 is 0 Å². The smallest absolute Gasteiger partial charge is 0.233 e. The minimum atomic E-state index is 0.173. The van der Waals surface area contributed by atoms with E-state index in [1.165, 1.54) is 32.1 Å². The zero-order chi connectivity index (χ0) is 16.4. The first-order valence-corrected chi connectivity index (χ1v) is 8.90. The fraction of sp³-hybridized carbons (Fsp3) is 0.526. The molecule has 24 heavy (non-hydrogen) atoms. The molecule has 0 radical (unpaired) electrons. The molecule has 0 bridgehead atoms. The molecule has 2 aliphatic rings. The van der Waals surface area contributed by atoms with Crippen LogP contribution in [0.1, 0.15) is 73.4 Å². The van der Waals surface area contributed by atoms with Gasteiger partial charge in [0.05, 0.1) is 17.7 Å². The standard InChI is InChI=1S/C19H22N4O/c20-12-15-6-1-2-7-16(15)13-23-11-4-3-10-17(23)19-22-21-18(24-19)14-8-5-9-14/h1-2,6-7,14,17H,3-5,8-11,13H2/t17-/m1/s1. The lowest BCUT2D eigenvalue weighted by Gasteiger charge is -2.33. The normalized spacial score (nSPS) is 22.0. The number of nitriles is 1. The highest BCUT2D eigenvalue weighted by Crippen LogP contribution is 2.38. The van der Waals surface area contributed by atoms with Crippen molar-refractivity contribution in [3.05, 3.63) is 47.2 Å². The Morgan fingerprint density at radius 3 is 2.71 bits per heavy atom. The van der Waals surface area contributed by atoms with Gasteiger partial charge in [-0.25, -0.2) is 0 Å². The molecule has 2 fully saturated rings. The quantitative estimate of drug-likeness (QED) is 0.853. The van der Waals surface area contributed by atoms with Crippen molar-refractivity contribution >= 4 is 0 Å². The van der Waals surface area contributed by atoms with E-state index in [4.69, 9.17) is 4.42 Å². The van der Waals surface area contributed by atoms with Gasteiger partial charge in [-0.1, -0.05) is 31.0 Å². The summed E-state index contributed by atoms with van der Waals surface area (Å²) < 4.78 is 6.02. The van der Waals surface area contributed by atoms with E-state index in [1.54, 1.807) is 0 Å². The van der Waals surface area contributed by atoms with E-state index in [-0.39, 0.29) is 6.04 Å². The molecule has 5 nitrogen and oxygen atoms in total. The Labute approximate surface area is 142 Å². The third-order valence-electron chi connectivity index (χ3n) is 5.32. The van der Waals surface area contributed by atoms with Crippen LogP contribution < -0.4 is 0 Å². The maximum absolute atomic E-state index is 9.32. The lowest BCUT2D eigenvalue weighted by molar-refractivity contribution is 0.115. The van der Waals surface area contributed by atoms with Gasteiger partial charge in [-0.05, 0) is 43.9 Å². The second kappa shape index (κ2) is 6.74. The summed E-state index contributed by atoms with van der Waals surface area (Å²) in [6, 6.07) is 10.3. The number of hydrogen-bond acceptors (Lipinski definition) is 5. The summed E-state index contributed by atoms with van der Waals surface area (Å²) in [5.41, 5.74) is 1.83. The largest absolute Gasteiger partial charge is 0.423 e. The van der Waals surface area contributed by atoms with Crippen molar-refractivity contribution in [3.8, 4) is 6.07 Å². The number of likely N-dealkylation sites (tertiary alicyclic amines) is 1. The molecule has 1 aromatic carbocycles. The summed E-state index contributed by atoms with van der Waals surface area (Å²) in [5.74, 6) is 2.05. The minimum Gasteiger partial charge on any atom is -0.423 e. The predicted octanol–water partition coefficient (Wildman–Crippen LogP) is 3.94. The van der Waals surface area contributed by atoms with Crippen LogP contribution in [0.25, 0.3) is 0 Å². The monoisotopic (exact) mass is 322 g/mol. The molecule has 2 heterocycles. The van der Waals surface area contributed by atoms with Crippen LogP contribution in [0.3, 0.4) is 0 Å². The number of benzene rings is 1. The molecule has 0 amide bonds. The van der Waals surface area contributed by atoms with Crippen LogP contribution in [0.4, 0.5) is 0 Å². The van der Waals surface area contributed by atoms with Crippen molar-refractivity contribution in [2.24, 2.45) is 0 Å². The van der Waals surface area contributed by atoms with Crippen molar-refractivity contribution in [2.75, 3.05) is 6.54 Å². The Morgan fingerprint density at radius 2 is 1.92 bits per heavy atom. The van der Waals surface area contributed by atoms with E-state index in [0.29, 0.717) is 5.92 Å². The molecule has 1 aromatic heterocycles. The second-order valence-corrected chi connectivity index (χ2v) is 6.86. The molecule has 1 saturated carbocycles. The Morgan fingerprint density at radius 1 is 1.08 bits per heavy atom. The average molecular weight is 322 g/mol. The molecule has 5 heteroatoms. The molecular weight excluding hydrogens is 300 g/mol. The first-order valence-electron chi connectivity index (χ1n) is 8.90. The van der Waals surface area contributed by atoms with Gasteiger partial charge in [0.2, 0.25) is 11.8 Å². The number of hydrogen-bond donors (Lipinski definition) is 0. The van der Waals surface area contributed by atoms with Crippen LogP contribution in [-0.2, 0) is 6.54 Å². The highest BCUT2D eigenvalue weighted by atomic mass is 16.4. The first-order chi connectivity index (χ1) is 11.8. The van der Waals surface area contributed by atoms with Crippen LogP contribution in [0, 0.1) is 11.3 Å². The second-order valence-electron chi connectivity index (χ2n) is 6.86. The van der Waals surface area contributed by atoms with Crippen molar-refractivity contribution < 1.29 is 4.42 Å². The highest BCUT2D eigenvalue weighted by molar-refractivity contribution is 5.37. The average Bonchev–Trinajstić information content (AvgIpc) is 3.03. The van der Waals surface area contributed by atoms with Crippen LogP contribution in [0.5, 0.6) is 0 Å². The number of piperidine rings is 1. The molecule has 1 aliphatic carbocycles. The summed E-state index contributed by atoms with van der Waals surface area (Å²) in [6.07, 6.45) is 7.01. The lowest BCUT2D eigenvalue weighted by atomic mass is 9.85.